The molecule has 3 heterocycles. The number of fused-ring (bicyclic) bond motifs is 1. The summed E-state index contributed by atoms with van der Waals surface area (Å²) in [6, 6.07) is 16.0. The van der Waals surface area contributed by atoms with Crippen LogP contribution in [0, 0.1) is 0 Å². The van der Waals surface area contributed by atoms with E-state index in [1.807, 2.05) is 36.4 Å². The zero-order valence-electron chi connectivity index (χ0n) is 19.4. The third-order valence-corrected chi connectivity index (χ3v) is 5.84. The van der Waals surface area contributed by atoms with Crippen molar-refractivity contribution in [2.45, 2.75) is 19.4 Å². The zero-order valence-corrected chi connectivity index (χ0v) is 20.1. The summed E-state index contributed by atoms with van der Waals surface area (Å²) < 4.78 is 5.39. The Bertz CT molecular complexity index is 1180. The molecule has 10 heteroatoms. The van der Waals surface area contributed by atoms with Crippen molar-refractivity contribution >= 4 is 35.0 Å². The van der Waals surface area contributed by atoms with Crippen LogP contribution in [0.2, 0.25) is 5.02 Å². The number of amides is 2. The van der Waals surface area contributed by atoms with Crippen LogP contribution >= 0.6 is 11.6 Å². The van der Waals surface area contributed by atoms with Crippen molar-refractivity contribution < 1.29 is 19.7 Å². The summed E-state index contributed by atoms with van der Waals surface area (Å²) in [5.74, 6) is 1.10. The van der Waals surface area contributed by atoms with Crippen LogP contribution in [-0.2, 0) is 0 Å². The molecule has 9 nitrogen and oxygen atoms in total. The number of rotatable bonds is 7. The van der Waals surface area contributed by atoms with Gasteiger partial charge in [-0.15, -0.1) is 0 Å². The second-order valence-corrected chi connectivity index (χ2v) is 8.51. The fourth-order valence-electron chi connectivity index (χ4n) is 3.84. The Hall–Kier alpha value is -3.40. The highest BCUT2D eigenvalue weighted by Crippen LogP contribution is 2.34. The third kappa shape index (κ3) is 6.00. The number of aliphatic hydroxyl groups is 2. The van der Waals surface area contributed by atoms with Gasteiger partial charge < -0.3 is 19.8 Å². The summed E-state index contributed by atoms with van der Waals surface area (Å²) >= 11 is 6.19. The van der Waals surface area contributed by atoms with E-state index in [1.165, 1.54) is 0 Å². The standard InChI is InChI=1S/C25H28ClN5O4/c1-2-30-12-5-13-31(24-21(30)11-10-20(27-24)17-6-3-7-18(26)14-17)25(34)29-22-8-4-9-23(28-22)35-16-19(33)15-32/h3-4,6-11,14,19,32-33H,2,5,12-13,15-16H2,1H3,(H,28,29,34). The van der Waals surface area contributed by atoms with E-state index in [-0.39, 0.29) is 18.5 Å². The largest absolute Gasteiger partial charge is 0.475 e. The number of anilines is 3. The molecule has 184 valence electrons. The van der Waals surface area contributed by atoms with Crippen LogP contribution in [-0.4, -0.2) is 65.2 Å². The molecule has 0 bridgehead atoms. The van der Waals surface area contributed by atoms with Crippen molar-refractivity contribution in [2.24, 2.45) is 0 Å². The number of hydrogen-bond acceptors (Lipinski definition) is 7. The van der Waals surface area contributed by atoms with Crippen LogP contribution in [0.1, 0.15) is 13.3 Å². The van der Waals surface area contributed by atoms with Crippen molar-refractivity contribution in [1.82, 2.24) is 9.97 Å². The lowest BCUT2D eigenvalue weighted by Gasteiger charge is -2.25. The number of carbonyl (C=O) groups excluding carboxylic acids is 1. The Balaban J connectivity index is 1.61. The summed E-state index contributed by atoms with van der Waals surface area (Å²) in [6.07, 6.45) is -0.232. The number of pyridine rings is 2. The SMILES string of the molecule is CCN1CCCN(C(=O)Nc2cccc(OCC(O)CO)n2)c2nc(-c3cccc(Cl)c3)ccc21. The number of aliphatic hydroxyl groups excluding tert-OH is 2. The lowest BCUT2D eigenvalue weighted by molar-refractivity contribution is 0.0521. The predicted octanol–water partition coefficient (Wildman–Crippen LogP) is 3.80. The minimum Gasteiger partial charge on any atom is -0.475 e. The molecule has 35 heavy (non-hydrogen) atoms. The highest BCUT2D eigenvalue weighted by Gasteiger charge is 2.27. The zero-order chi connectivity index (χ0) is 24.8. The molecule has 1 aromatic carbocycles. The summed E-state index contributed by atoms with van der Waals surface area (Å²) in [6.45, 7) is 3.64. The van der Waals surface area contributed by atoms with E-state index in [0.29, 0.717) is 23.2 Å². The lowest BCUT2D eigenvalue weighted by atomic mass is 10.1. The number of nitrogens with zero attached hydrogens (tertiary/aromatic N) is 4. The van der Waals surface area contributed by atoms with Crippen molar-refractivity contribution in [3.8, 4) is 17.1 Å². The second kappa shape index (κ2) is 11.4. The van der Waals surface area contributed by atoms with Gasteiger partial charge >= 0.3 is 6.03 Å². The van der Waals surface area contributed by atoms with Gasteiger partial charge in [0.1, 0.15) is 18.5 Å². The topological polar surface area (TPSA) is 111 Å². The molecule has 2 amide bonds. The van der Waals surface area contributed by atoms with E-state index < -0.39 is 12.7 Å². The first-order valence-corrected chi connectivity index (χ1v) is 11.9. The quantitative estimate of drug-likeness (QED) is 0.455. The summed E-state index contributed by atoms with van der Waals surface area (Å²) in [5, 5.41) is 21.9. The van der Waals surface area contributed by atoms with Crippen LogP contribution < -0.4 is 19.9 Å². The van der Waals surface area contributed by atoms with Gasteiger partial charge in [0.2, 0.25) is 5.88 Å². The highest BCUT2D eigenvalue weighted by molar-refractivity contribution is 6.30. The molecule has 0 saturated carbocycles. The molecule has 0 spiro atoms. The molecular formula is C25H28ClN5O4. The molecule has 1 aliphatic rings. The van der Waals surface area contributed by atoms with Gasteiger partial charge in [-0.2, -0.15) is 4.98 Å². The third-order valence-electron chi connectivity index (χ3n) is 5.60. The Labute approximate surface area is 208 Å². The molecule has 1 aliphatic heterocycles. The number of benzene rings is 1. The van der Waals surface area contributed by atoms with Crippen LogP contribution in [0.25, 0.3) is 11.3 Å². The lowest BCUT2D eigenvalue weighted by Crippen LogP contribution is -2.36. The van der Waals surface area contributed by atoms with Crippen LogP contribution in [0.15, 0.2) is 54.6 Å². The minimum absolute atomic E-state index is 0.108. The first-order valence-electron chi connectivity index (χ1n) is 11.5. The summed E-state index contributed by atoms with van der Waals surface area (Å²) in [4.78, 5) is 26.4. The summed E-state index contributed by atoms with van der Waals surface area (Å²) in [5.41, 5.74) is 2.47. The first kappa shape index (κ1) is 24.7. The van der Waals surface area contributed by atoms with E-state index >= 15 is 0 Å². The fraction of sp³-hybridized carbons (Fsp3) is 0.320. The van der Waals surface area contributed by atoms with Crippen molar-refractivity contribution in [1.29, 1.82) is 0 Å². The Morgan fingerprint density at radius 3 is 2.77 bits per heavy atom. The number of carbonyl (C=O) groups is 1. The maximum absolute atomic E-state index is 13.4. The fourth-order valence-corrected chi connectivity index (χ4v) is 4.03. The molecular weight excluding hydrogens is 470 g/mol. The van der Waals surface area contributed by atoms with Gasteiger partial charge in [0, 0.05) is 36.3 Å². The Morgan fingerprint density at radius 1 is 1.17 bits per heavy atom. The maximum Gasteiger partial charge on any atom is 0.328 e. The number of urea groups is 1. The van der Waals surface area contributed by atoms with E-state index in [1.54, 1.807) is 23.1 Å². The van der Waals surface area contributed by atoms with Crippen LogP contribution in [0.5, 0.6) is 5.88 Å². The monoisotopic (exact) mass is 497 g/mol. The average molecular weight is 498 g/mol. The number of ether oxygens (including phenoxy) is 1. The molecule has 1 unspecified atom stereocenters. The van der Waals surface area contributed by atoms with E-state index in [9.17, 15) is 9.90 Å². The van der Waals surface area contributed by atoms with Gasteiger partial charge in [-0.3, -0.25) is 10.2 Å². The van der Waals surface area contributed by atoms with E-state index in [0.717, 1.165) is 36.5 Å². The maximum atomic E-state index is 13.4. The van der Waals surface area contributed by atoms with E-state index in [4.69, 9.17) is 26.4 Å². The van der Waals surface area contributed by atoms with Gasteiger partial charge in [0.05, 0.1) is 18.0 Å². The number of halogens is 1. The smallest absolute Gasteiger partial charge is 0.328 e. The van der Waals surface area contributed by atoms with Crippen molar-refractivity contribution in [3.63, 3.8) is 0 Å². The normalized spacial score (nSPS) is 14.2. The van der Waals surface area contributed by atoms with Crippen LogP contribution in [0.4, 0.5) is 22.1 Å². The number of nitrogens with one attached hydrogen (secondary N) is 1. The number of aromatic nitrogens is 2. The molecule has 3 N–H and O–H groups in total. The molecule has 0 saturated heterocycles. The van der Waals surface area contributed by atoms with E-state index in [2.05, 4.69) is 22.1 Å². The molecule has 1 atom stereocenters. The van der Waals surface area contributed by atoms with Gasteiger partial charge in [-0.05, 0) is 43.7 Å². The van der Waals surface area contributed by atoms with Crippen molar-refractivity contribution in [3.05, 3.63) is 59.6 Å². The Morgan fingerprint density at radius 2 is 2.00 bits per heavy atom. The molecule has 0 radical (unpaired) electrons. The molecule has 4 rings (SSSR count). The molecule has 3 aromatic rings. The van der Waals surface area contributed by atoms with Gasteiger partial charge in [0.25, 0.3) is 0 Å². The van der Waals surface area contributed by atoms with Crippen LogP contribution in [0.3, 0.4) is 0 Å². The minimum atomic E-state index is -1.01. The Kier molecular flexibility index (Phi) is 8.02. The molecule has 2 aromatic heterocycles. The predicted molar refractivity (Wildman–Crippen MR) is 136 cm³/mol. The van der Waals surface area contributed by atoms with Gasteiger partial charge in [-0.25, -0.2) is 9.78 Å². The average Bonchev–Trinajstić information content (AvgIpc) is 3.06. The second-order valence-electron chi connectivity index (χ2n) is 8.07. The van der Waals surface area contributed by atoms with Gasteiger partial charge in [0.15, 0.2) is 5.82 Å². The van der Waals surface area contributed by atoms with Gasteiger partial charge in [-0.1, -0.05) is 29.8 Å². The summed E-state index contributed by atoms with van der Waals surface area (Å²) in [7, 11) is 0. The first-order chi connectivity index (χ1) is 17.0. The molecule has 0 fully saturated rings. The highest BCUT2D eigenvalue weighted by atomic mass is 35.5. The number of hydrogen-bond donors (Lipinski definition) is 3. The van der Waals surface area contributed by atoms with Crippen molar-refractivity contribution in [2.75, 3.05) is 48.0 Å². The molecule has 0 aliphatic carbocycles.